The number of hydrogen-bond donors (Lipinski definition) is 1. The molecule has 20 heavy (non-hydrogen) atoms. The van der Waals surface area contributed by atoms with Crippen LogP contribution in [0, 0.1) is 0 Å². The van der Waals surface area contributed by atoms with Gasteiger partial charge in [0.25, 0.3) is 0 Å². The minimum Gasteiger partial charge on any atom is -0.387 e. The monoisotopic (exact) mass is 270 g/mol. The van der Waals surface area contributed by atoms with Crippen LogP contribution in [0.4, 0.5) is 0 Å². The fourth-order valence-electron chi connectivity index (χ4n) is 3.24. The van der Waals surface area contributed by atoms with Crippen LogP contribution in [0.25, 0.3) is 0 Å². The molecule has 1 saturated carbocycles. The van der Waals surface area contributed by atoms with E-state index in [0.717, 1.165) is 31.4 Å². The van der Waals surface area contributed by atoms with Gasteiger partial charge < -0.3 is 5.11 Å². The highest BCUT2D eigenvalue weighted by Gasteiger charge is 2.45. The van der Waals surface area contributed by atoms with Crippen molar-refractivity contribution >= 4 is 0 Å². The lowest BCUT2D eigenvalue weighted by molar-refractivity contribution is 0.0267. The molecule has 0 amide bonds. The van der Waals surface area contributed by atoms with Crippen LogP contribution in [-0.4, -0.2) is 14.9 Å². The first-order valence-corrected chi connectivity index (χ1v) is 7.52. The molecule has 1 aromatic heterocycles. The molecule has 0 bridgehead atoms. The summed E-state index contributed by atoms with van der Waals surface area (Å²) in [5, 5.41) is 15.2. The first-order chi connectivity index (χ1) is 9.76. The highest BCUT2D eigenvalue weighted by atomic mass is 16.3. The van der Waals surface area contributed by atoms with Crippen molar-refractivity contribution in [2.24, 2.45) is 0 Å². The van der Waals surface area contributed by atoms with Gasteiger partial charge in [-0.15, -0.1) is 0 Å². The van der Waals surface area contributed by atoms with E-state index in [2.05, 4.69) is 36.3 Å². The van der Waals surface area contributed by atoms with Crippen LogP contribution < -0.4 is 0 Å². The number of hydrogen-bond acceptors (Lipinski definition) is 2. The summed E-state index contributed by atoms with van der Waals surface area (Å²) < 4.78 is 1.93. The Kier molecular flexibility index (Phi) is 3.62. The van der Waals surface area contributed by atoms with Crippen molar-refractivity contribution in [3.8, 4) is 0 Å². The summed E-state index contributed by atoms with van der Waals surface area (Å²) in [6, 6.07) is 10.4. The lowest BCUT2D eigenvalue weighted by Gasteiger charge is -2.45. The van der Waals surface area contributed by atoms with E-state index in [9.17, 15) is 5.11 Å². The van der Waals surface area contributed by atoms with E-state index in [1.807, 2.05) is 23.1 Å². The zero-order valence-corrected chi connectivity index (χ0v) is 12.0. The van der Waals surface area contributed by atoms with E-state index in [1.165, 1.54) is 12.0 Å². The Morgan fingerprint density at radius 3 is 2.65 bits per heavy atom. The molecule has 3 heteroatoms. The third-order valence-electron chi connectivity index (χ3n) is 4.54. The second kappa shape index (κ2) is 5.41. The van der Waals surface area contributed by atoms with Gasteiger partial charge in [0.2, 0.25) is 0 Å². The quantitative estimate of drug-likeness (QED) is 0.903. The molecule has 1 aliphatic carbocycles. The van der Waals surface area contributed by atoms with Crippen LogP contribution in [0.1, 0.15) is 49.8 Å². The Balaban J connectivity index is 1.88. The van der Waals surface area contributed by atoms with Crippen molar-refractivity contribution in [2.75, 3.05) is 0 Å². The molecule has 106 valence electrons. The van der Waals surface area contributed by atoms with E-state index < -0.39 is 6.10 Å². The van der Waals surface area contributed by atoms with Crippen LogP contribution in [-0.2, 0) is 12.0 Å². The second-order valence-corrected chi connectivity index (χ2v) is 5.81. The van der Waals surface area contributed by atoms with Gasteiger partial charge >= 0.3 is 0 Å². The van der Waals surface area contributed by atoms with E-state index in [0.29, 0.717) is 0 Å². The molecule has 0 saturated heterocycles. The summed E-state index contributed by atoms with van der Waals surface area (Å²) >= 11 is 0. The van der Waals surface area contributed by atoms with Crippen LogP contribution in [0.5, 0.6) is 0 Å². The van der Waals surface area contributed by atoms with Crippen LogP contribution in [0.2, 0.25) is 0 Å². The molecular formula is C17H22N2O. The Hall–Kier alpha value is -1.61. The first kappa shape index (κ1) is 13.4. The fraction of sp³-hybridized carbons (Fsp3) is 0.471. The summed E-state index contributed by atoms with van der Waals surface area (Å²) in [4.78, 5) is 0. The number of aliphatic hydroxyl groups excluding tert-OH is 1. The number of aryl methyl sites for hydroxylation is 1. The minimum atomic E-state index is -0.454. The van der Waals surface area contributed by atoms with Crippen molar-refractivity contribution in [3.63, 3.8) is 0 Å². The number of nitrogens with zero attached hydrogens (tertiary/aromatic N) is 2. The summed E-state index contributed by atoms with van der Waals surface area (Å²) in [6.07, 6.45) is 7.72. The lowest BCUT2D eigenvalue weighted by atomic mass is 9.60. The molecule has 1 N–H and O–H groups in total. The van der Waals surface area contributed by atoms with Crippen molar-refractivity contribution in [3.05, 3.63) is 53.9 Å². The van der Waals surface area contributed by atoms with Gasteiger partial charge in [0.15, 0.2) is 0 Å². The average molecular weight is 270 g/mol. The zero-order valence-electron chi connectivity index (χ0n) is 12.0. The Morgan fingerprint density at radius 2 is 2.05 bits per heavy atom. The maximum atomic E-state index is 10.9. The summed E-state index contributed by atoms with van der Waals surface area (Å²) in [5.41, 5.74) is 2.09. The number of aliphatic hydroxyl groups is 1. The van der Waals surface area contributed by atoms with Gasteiger partial charge in [0.05, 0.1) is 12.3 Å². The van der Waals surface area contributed by atoms with Gasteiger partial charge in [-0.25, -0.2) is 0 Å². The SMILES string of the molecule is CCCn1cc(C(O)C2(c3ccccc3)CCC2)cn1. The highest BCUT2D eigenvalue weighted by molar-refractivity contribution is 5.33. The van der Waals surface area contributed by atoms with Crippen LogP contribution >= 0.6 is 0 Å². The van der Waals surface area contributed by atoms with Crippen molar-refractivity contribution in [1.82, 2.24) is 9.78 Å². The topological polar surface area (TPSA) is 38.0 Å². The Bertz CT molecular complexity index is 557. The third kappa shape index (κ3) is 2.16. The highest BCUT2D eigenvalue weighted by Crippen LogP contribution is 2.51. The van der Waals surface area contributed by atoms with Gasteiger partial charge in [-0.05, 0) is 24.8 Å². The molecule has 0 radical (unpaired) electrons. The number of rotatable bonds is 5. The average Bonchev–Trinajstić information content (AvgIpc) is 2.88. The molecule has 1 aromatic carbocycles. The fourth-order valence-corrected chi connectivity index (χ4v) is 3.24. The predicted octanol–water partition coefficient (Wildman–Crippen LogP) is 3.45. The maximum absolute atomic E-state index is 10.9. The molecule has 1 unspecified atom stereocenters. The maximum Gasteiger partial charge on any atom is 0.0916 e. The predicted molar refractivity (Wildman–Crippen MR) is 79.4 cm³/mol. The van der Waals surface area contributed by atoms with Crippen molar-refractivity contribution < 1.29 is 5.11 Å². The van der Waals surface area contributed by atoms with E-state index in [1.54, 1.807) is 0 Å². The first-order valence-electron chi connectivity index (χ1n) is 7.52. The van der Waals surface area contributed by atoms with Gasteiger partial charge in [-0.3, -0.25) is 4.68 Å². The standard InChI is InChI=1S/C17H22N2O/c1-2-11-19-13-14(12-18-19)16(20)17(9-6-10-17)15-7-4-3-5-8-15/h3-5,7-8,12-13,16,20H,2,6,9-11H2,1H3. The summed E-state index contributed by atoms with van der Waals surface area (Å²) in [6.45, 7) is 3.04. The van der Waals surface area contributed by atoms with E-state index in [-0.39, 0.29) is 5.41 Å². The molecule has 3 rings (SSSR count). The van der Waals surface area contributed by atoms with Gasteiger partial charge in [-0.1, -0.05) is 43.7 Å². The van der Waals surface area contributed by atoms with Gasteiger partial charge in [0, 0.05) is 23.7 Å². The van der Waals surface area contributed by atoms with E-state index in [4.69, 9.17) is 0 Å². The van der Waals surface area contributed by atoms with Crippen LogP contribution in [0.15, 0.2) is 42.7 Å². The molecule has 1 atom stereocenters. The Labute approximate surface area is 120 Å². The molecule has 3 nitrogen and oxygen atoms in total. The molecule has 1 heterocycles. The summed E-state index contributed by atoms with van der Waals surface area (Å²) in [5.74, 6) is 0. The molecule has 2 aromatic rings. The van der Waals surface area contributed by atoms with Crippen molar-refractivity contribution in [1.29, 1.82) is 0 Å². The molecule has 1 aliphatic rings. The third-order valence-corrected chi connectivity index (χ3v) is 4.54. The number of benzene rings is 1. The largest absolute Gasteiger partial charge is 0.387 e. The van der Waals surface area contributed by atoms with Gasteiger partial charge in [-0.2, -0.15) is 5.10 Å². The minimum absolute atomic E-state index is 0.110. The molecular weight excluding hydrogens is 248 g/mol. The second-order valence-electron chi connectivity index (χ2n) is 5.81. The lowest BCUT2D eigenvalue weighted by Crippen LogP contribution is -2.40. The molecule has 0 spiro atoms. The zero-order chi connectivity index (χ0) is 14.0. The van der Waals surface area contributed by atoms with Gasteiger partial charge in [0.1, 0.15) is 0 Å². The molecule has 1 fully saturated rings. The van der Waals surface area contributed by atoms with Crippen molar-refractivity contribution in [2.45, 2.75) is 50.7 Å². The molecule has 0 aliphatic heterocycles. The van der Waals surface area contributed by atoms with Crippen LogP contribution in [0.3, 0.4) is 0 Å². The Morgan fingerprint density at radius 1 is 1.30 bits per heavy atom. The summed E-state index contributed by atoms with van der Waals surface area (Å²) in [7, 11) is 0. The number of aromatic nitrogens is 2. The smallest absolute Gasteiger partial charge is 0.0916 e. The van der Waals surface area contributed by atoms with E-state index >= 15 is 0 Å². The normalized spacial score (nSPS) is 18.5.